The summed E-state index contributed by atoms with van der Waals surface area (Å²) in [4.78, 5) is 0. The Balaban J connectivity index is 1.76. The van der Waals surface area contributed by atoms with E-state index in [9.17, 15) is 5.11 Å². The van der Waals surface area contributed by atoms with Gasteiger partial charge >= 0.3 is 0 Å². The molecule has 0 aliphatic heterocycles. The van der Waals surface area contributed by atoms with E-state index in [0.29, 0.717) is 18.1 Å². The molecule has 0 bridgehead atoms. The second-order valence-corrected chi connectivity index (χ2v) is 4.67. The molecule has 18 heavy (non-hydrogen) atoms. The Morgan fingerprint density at radius 1 is 1.17 bits per heavy atom. The van der Waals surface area contributed by atoms with Gasteiger partial charge in [-0.05, 0) is 30.7 Å². The van der Waals surface area contributed by atoms with Crippen LogP contribution in [0.15, 0.2) is 47.1 Å². The van der Waals surface area contributed by atoms with Crippen molar-refractivity contribution >= 4 is 0 Å². The van der Waals surface area contributed by atoms with Gasteiger partial charge in [-0.25, -0.2) is 0 Å². The van der Waals surface area contributed by atoms with E-state index < -0.39 is 6.10 Å². The van der Waals surface area contributed by atoms with Crippen LogP contribution < -0.4 is 0 Å². The molecule has 0 saturated carbocycles. The Labute approximate surface area is 107 Å². The quantitative estimate of drug-likeness (QED) is 0.844. The third-order valence-electron chi connectivity index (χ3n) is 3.27. The van der Waals surface area contributed by atoms with Crippen LogP contribution in [-0.4, -0.2) is 10.3 Å². The van der Waals surface area contributed by atoms with Crippen LogP contribution in [0.4, 0.5) is 0 Å². The van der Waals surface area contributed by atoms with Gasteiger partial charge in [0.1, 0.15) is 6.10 Å². The minimum absolute atomic E-state index is 0.521. The number of benzene rings is 1. The molecule has 0 spiro atoms. The van der Waals surface area contributed by atoms with E-state index >= 15 is 0 Å². The van der Waals surface area contributed by atoms with Crippen molar-refractivity contribution in [2.24, 2.45) is 0 Å². The van der Waals surface area contributed by atoms with Crippen LogP contribution in [0.3, 0.4) is 0 Å². The lowest BCUT2D eigenvalue weighted by Gasteiger charge is -2.12. The van der Waals surface area contributed by atoms with E-state index in [1.807, 2.05) is 6.07 Å². The Morgan fingerprint density at radius 2 is 1.94 bits per heavy atom. The van der Waals surface area contributed by atoms with E-state index in [2.05, 4.69) is 36.3 Å². The molecule has 1 aromatic heterocycles. The van der Waals surface area contributed by atoms with Crippen LogP contribution in [0.25, 0.3) is 0 Å². The molecular weight excluding hydrogens is 226 g/mol. The highest BCUT2D eigenvalue weighted by molar-refractivity contribution is 5.18. The second-order valence-electron chi connectivity index (χ2n) is 4.67. The van der Waals surface area contributed by atoms with E-state index in [-0.39, 0.29) is 0 Å². The average molecular weight is 245 g/mol. The summed E-state index contributed by atoms with van der Waals surface area (Å²) in [6.45, 7) is 2.22. The van der Waals surface area contributed by atoms with Gasteiger partial charge < -0.3 is 9.63 Å². The van der Waals surface area contributed by atoms with Crippen molar-refractivity contribution in [3.8, 4) is 0 Å². The van der Waals surface area contributed by atoms with Crippen molar-refractivity contribution in [2.45, 2.75) is 38.2 Å². The summed E-state index contributed by atoms with van der Waals surface area (Å²) in [5, 5.41) is 13.5. The molecule has 2 aromatic rings. The van der Waals surface area contributed by atoms with Crippen LogP contribution in [-0.2, 0) is 0 Å². The van der Waals surface area contributed by atoms with E-state index in [0.717, 1.165) is 12.8 Å². The average Bonchev–Trinajstić information content (AvgIpc) is 2.93. The molecule has 96 valence electrons. The first kappa shape index (κ1) is 12.8. The number of hydrogen-bond acceptors (Lipinski definition) is 3. The summed E-state index contributed by atoms with van der Waals surface area (Å²) in [5.74, 6) is 1.08. The van der Waals surface area contributed by atoms with Crippen molar-refractivity contribution in [2.75, 3.05) is 0 Å². The van der Waals surface area contributed by atoms with Gasteiger partial charge in [0.15, 0.2) is 5.76 Å². The smallest absolute Gasteiger partial charge is 0.165 e. The summed E-state index contributed by atoms with van der Waals surface area (Å²) in [6.07, 6.45) is 3.78. The van der Waals surface area contributed by atoms with Gasteiger partial charge in [0, 0.05) is 6.07 Å². The molecule has 2 unspecified atom stereocenters. The van der Waals surface area contributed by atoms with Crippen molar-refractivity contribution in [3.05, 3.63) is 53.9 Å². The molecule has 0 saturated heterocycles. The molecule has 0 aliphatic rings. The maximum atomic E-state index is 9.86. The molecule has 0 amide bonds. The van der Waals surface area contributed by atoms with Crippen LogP contribution in [0.1, 0.15) is 49.5 Å². The van der Waals surface area contributed by atoms with E-state index in [1.54, 1.807) is 12.3 Å². The number of aliphatic hydroxyl groups is 1. The van der Waals surface area contributed by atoms with Crippen molar-refractivity contribution in [1.82, 2.24) is 5.16 Å². The molecule has 1 aromatic carbocycles. The Hall–Kier alpha value is -1.61. The van der Waals surface area contributed by atoms with Crippen molar-refractivity contribution in [1.29, 1.82) is 0 Å². The predicted octanol–water partition coefficient (Wildman–Crippen LogP) is 3.68. The number of aromatic nitrogens is 1. The Bertz CT molecular complexity index is 439. The lowest BCUT2D eigenvalue weighted by atomic mass is 9.94. The summed E-state index contributed by atoms with van der Waals surface area (Å²) >= 11 is 0. The first-order valence-electron chi connectivity index (χ1n) is 6.41. The molecular formula is C15H19NO2. The summed E-state index contributed by atoms with van der Waals surface area (Å²) in [6, 6.07) is 12.2. The van der Waals surface area contributed by atoms with Crippen LogP contribution in [0.2, 0.25) is 0 Å². The summed E-state index contributed by atoms with van der Waals surface area (Å²) in [7, 11) is 0. The SMILES string of the molecule is CC(CCCC(O)c1ccno1)c1ccccc1. The molecule has 0 fully saturated rings. The van der Waals surface area contributed by atoms with Gasteiger partial charge in [0.05, 0.1) is 6.20 Å². The van der Waals surface area contributed by atoms with Gasteiger partial charge in [-0.15, -0.1) is 0 Å². The molecule has 3 heteroatoms. The molecule has 1 N–H and O–H groups in total. The molecule has 0 radical (unpaired) electrons. The van der Waals surface area contributed by atoms with Gasteiger partial charge in [0.2, 0.25) is 0 Å². The second kappa shape index (κ2) is 6.36. The van der Waals surface area contributed by atoms with Gasteiger partial charge in [0.25, 0.3) is 0 Å². The first-order chi connectivity index (χ1) is 8.77. The fourth-order valence-corrected chi connectivity index (χ4v) is 2.11. The van der Waals surface area contributed by atoms with Crippen molar-refractivity contribution < 1.29 is 9.63 Å². The predicted molar refractivity (Wildman–Crippen MR) is 70.2 cm³/mol. The summed E-state index contributed by atoms with van der Waals surface area (Å²) < 4.78 is 4.94. The largest absolute Gasteiger partial charge is 0.385 e. The lowest BCUT2D eigenvalue weighted by molar-refractivity contribution is 0.127. The maximum Gasteiger partial charge on any atom is 0.165 e. The van der Waals surface area contributed by atoms with Crippen LogP contribution >= 0.6 is 0 Å². The van der Waals surface area contributed by atoms with Crippen molar-refractivity contribution in [3.63, 3.8) is 0 Å². The normalized spacial score (nSPS) is 14.3. The maximum absolute atomic E-state index is 9.86. The van der Waals surface area contributed by atoms with Gasteiger partial charge in [-0.1, -0.05) is 42.4 Å². The molecule has 3 nitrogen and oxygen atoms in total. The van der Waals surface area contributed by atoms with Gasteiger partial charge in [-0.2, -0.15) is 0 Å². The zero-order valence-electron chi connectivity index (χ0n) is 10.6. The lowest BCUT2D eigenvalue weighted by Crippen LogP contribution is -1.98. The fourth-order valence-electron chi connectivity index (χ4n) is 2.11. The van der Waals surface area contributed by atoms with E-state index in [1.165, 1.54) is 5.56 Å². The minimum atomic E-state index is -0.532. The molecule has 2 rings (SSSR count). The zero-order valence-corrected chi connectivity index (χ0v) is 10.6. The molecule has 2 atom stereocenters. The van der Waals surface area contributed by atoms with Crippen LogP contribution in [0.5, 0.6) is 0 Å². The highest BCUT2D eigenvalue weighted by Gasteiger charge is 2.12. The van der Waals surface area contributed by atoms with Crippen LogP contribution in [0, 0.1) is 0 Å². The fraction of sp³-hybridized carbons (Fsp3) is 0.400. The van der Waals surface area contributed by atoms with E-state index in [4.69, 9.17) is 4.52 Å². The standard InChI is InChI=1S/C15H19NO2/c1-12(13-7-3-2-4-8-13)6-5-9-14(17)15-10-11-16-18-15/h2-4,7-8,10-12,14,17H,5-6,9H2,1H3. The number of hydrogen-bond donors (Lipinski definition) is 1. The van der Waals surface area contributed by atoms with Gasteiger partial charge in [-0.3, -0.25) is 0 Å². The zero-order chi connectivity index (χ0) is 12.8. The molecule has 0 aliphatic carbocycles. The Kier molecular flexibility index (Phi) is 4.53. The highest BCUT2D eigenvalue weighted by atomic mass is 16.5. The Morgan fingerprint density at radius 3 is 2.61 bits per heavy atom. The summed E-state index contributed by atoms with van der Waals surface area (Å²) in [5.41, 5.74) is 1.35. The third kappa shape index (κ3) is 3.44. The highest BCUT2D eigenvalue weighted by Crippen LogP contribution is 2.24. The number of rotatable bonds is 6. The monoisotopic (exact) mass is 245 g/mol. The topological polar surface area (TPSA) is 46.3 Å². The first-order valence-corrected chi connectivity index (χ1v) is 6.41. The third-order valence-corrected chi connectivity index (χ3v) is 3.27. The number of aliphatic hydroxyl groups excluding tert-OH is 1. The minimum Gasteiger partial charge on any atom is -0.385 e. The molecule has 1 heterocycles. The number of nitrogens with zero attached hydrogens (tertiary/aromatic N) is 1.